The molecule has 2 aliphatic rings. The van der Waals surface area contributed by atoms with Crippen LogP contribution in [0, 0.1) is 5.92 Å². The molecule has 2 nitrogen and oxygen atoms in total. The molecule has 1 saturated heterocycles. The lowest BCUT2D eigenvalue weighted by molar-refractivity contribution is -0.132. The Hall–Kier alpha value is -1.15. The first kappa shape index (κ1) is 16.2. The second kappa shape index (κ2) is 7.22. The average Bonchev–Trinajstić information content (AvgIpc) is 2.50. The number of carbonyl (C=O) groups excluding carboxylic acids is 1. The lowest BCUT2D eigenvalue weighted by Gasteiger charge is -2.48. The third-order valence-corrected chi connectivity index (χ3v) is 5.14. The highest BCUT2D eigenvalue weighted by Gasteiger charge is 2.47. The molecule has 2 rings (SSSR count). The van der Waals surface area contributed by atoms with Gasteiger partial charge in [-0.3, -0.25) is 9.69 Å². The topological polar surface area (TPSA) is 20.3 Å². The highest BCUT2D eigenvalue weighted by molar-refractivity contribution is 5.93. The monoisotopic (exact) mass is 287 g/mol. The van der Waals surface area contributed by atoms with E-state index in [9.17, 15) is 4.79 Å². The van der Waals surface area contributed by atoms with Crippen molar-refractivity contribution in [3.05, 3.63) is 36.5 Å². The molecule has 1 aliphatic carbocycles. The van der Waals surface area contributed by atoms with Gasteiger partial charge in [0.05, 0.1) is 0 Å². The molecular formula is C19H29NO. The molecule has 0 aromatic carbocycles. The molecule has 2 fully saturated rings. The zero-order valence-electron chi connectivity index (χ0n) is 13.6. The lowest BCUT2D eigenvalue weighted by Crippen LogP contribution is -2.59. The van der Waals surface area contributed by atoms with Crippen LogP contribution in [0.3, 0.4) is 0 Å². The second-order valence-corrected chi connectivity index (χ2v) is 6.51. The lowest BCUT2D eigenvalue weighted by atomic mass is 9.72. The molecule has 1 atom stereocenters. The van der Waals surface area contributed by atoms with Crippen molar-refractivity contribution in [2.45, 2.75) is 57.9 Å². The van der Waals surface area contributed by atoms with E-state index in [-0.39, 0.29) is 0 Å². The zero-order chi connectivity index (χ0) is 15.3. The van der Waals surface area contributed by atoms with Crippen LogP contribution in [0.15, 0.2) is 36.5 Å². The first-order chi connectivity index (χ1) is 10.1. The van der Waals surface area contributed by atoms with Crippen LogP contribution in [0.25, 0.3) is 0 Å². The van der Waals surface area contributed by atoms with Crippen LogP contribution < -0.4 is 0 Å². The third kappa shape index (κ3) is 3.21. The minimum Gasteiger partial charge on any atom is -0.297 e. The van der Waals surface area contributed by atoms with Crippen LogP contribution in [-0.4, -0.2) is 29.3 Å². The van der Waals surface area contributed by atoms with Gasteiger partial charge < -0.3 is 0 Å². The number of likely N-dealkylation sites (tertiary alicyclic amines) is 1. The number of Topliss-reactive ketones (excluding diaryl/α,β-unsaturated/α-hetero) is 1. The van der Waals surface area contributed by atoms with Crippen LogP contribution in [-0.2, 0) is 4.79 Å². The standard InChI is InChI=1S/C19H29NO/c1-4-6-9-17(5-2)19(13-8-7-10-18(19)21)20-14-11-16(3)12-15-20/h4-6,9,16H,2,7-8,10-15H2,1,3H3/b6-4-,17-9+/t19-/m1/s1. The Morgan fingerprint density at radius 1 is 1.33 bits per heavy atom. The van der Waals surface area contributed by atoms with Gasteiger partial charge in [0.2, 0.25) is 0 Å². The predicted molar refractivity (Wildman–Crippen MR) is 89.3 cm³/mol. The zero-order valence-corrected chi connectivity index (χ0v) is 13.6. The molecule has 0 aromatic rings. The molecule has 0 N–H and O–H groups in total. The Balaban J connectivity index is 2.38. The molecule has 0 radical (unpaired) electrons. The largest absolute Gasteiger partial charge is 0.297 e. The van der Waals surface area contributed by atoms with Crippen LogP contribution in [0.5, 0.6) is 0 Å². The number of piperidine rings is 1. The summed E-state index contributed by atoms with van der Waals surface area (Å²) in [6.45, 7) is 10.4. The number of hydrogen-bond donors (Lipinski definition) is 0. The van der Waals surface area contributed by atoms with E-state index in [0.717, 1.165) is 43.8 Å². The normalized spacial score (nSPS) is 30.0. The smallest absolute Gasteiger partial charge is 0.157 e. The second-order valence-electron chi connectivity index (χ2n) is 6.51. The van der Waals surface area contributed by atoms with Crippen molar-refractivity contribution in [1.82, 2.24) is 4.90 Å². The molecule has 21 heavy (non-hydrogen) atoms. The SMILES string of the molecule is C=C/C(=C\C=C/C)[C@]1(N2CCC(C)CC2)CCCCC1=O. The summed E-state index contributed by atoms with van der Waals surface area (Å²) in [7, 11) is 0. The van der Waals surface area contributed by atoms with Crippen molar-refractivity contribution in [3.8, 4) is 0 Å². The van der Waals surface area contributed by atoms with Crippen LogP contribution in [0.1, 0.15) is 52.4 Å². The van der Waals surface area contributed by atoms with Gasteiger partial charge in [-0.05, 0) is 57.2 Å². The summed E-state index contributed by atoms with van der Waals surface area (Å²) in [6, 6.07) is 0. The Bertz CT molecular complexity index is 440. The van der Waals surface area contributed by atoms with Crippen LogP contribution >= 0.6 is 0 Å². The molecule has 1 aliphatic heterocycles. The highest BCUT2D eigenvalue weighted by Crippen LogP contribution is 2.39. The fraction of sp³-hybridized carbons (Fsp3) is 0.632. The maximum Gasteiger partial charge on any atom is 0.157 e. The van der Waals surface area contributed by atoms with Gasteiger partial charge in [-0.1, -0.05) is 44.2 Å². The predicted octanol–water partition coefficient (Wildman–Crippen LogP) is 4.29. The van der Waals surface area contributed by atoms with Crippen molar-refractivity contribution in [1.29, 1.82) is 0 Å². The number of nitrogens with zero attached hydrogens (tertiary/aromatic N) is 1. The van der Waals surface area contributed by atoms with Crippen LogP contribution in [0.4, 0.5) is 0 Å². The average molecular weight is 287 g/mol. The summed E-state index contributed by atoms with van der Waals surface area (Å²) in [5, 5.41) is 0. The first-order valence-corrected chi connectivity index (χ1v) is 8.39. The molecule has 116 valence electrons. The summed E-state index contributed by atoms with van der Waals surface area (Å²) < 4.78 is 0. The van der Waals surface area contributed by atoms with Crippen LogP contribution in [0.2, 0.25) is 0 Å². The van der Waals surface area contributed by atoms with Crippen molar-refractivity contribution < 1.29 is 4.79 Å². The van der Waals surface area contributed by atoms with Gasteiger partial charge in [-0.2, -0.15) is 0 Å². The van der Waals surface area contributed by atoms with Gasteiger partial charge in [-0.15, -0.1) is 0 Å². The number of rotatable bonds is 4. The number of allylic oxidation sites excluding steroid dienone is 3. The quantitative estimate of drug-likeness (QED) is 0.719. The molecule has 1 heterocycles. The highest BCUT2D eigenvalue weighted by atomic mass is 16.1. The Morgan fingerprint density at radius 3 is 2.62 bits per heavy atom. The summed E-state index contributed by atoms with van der Waals surface area (Å²) in [4.78, 5) is 15.4. The van der Waals surface area contributed by atoms with E-state index < -0.39 is 5.54 Å². The number of carbonyl (C=O) groups is 1. The van der Waals surface area contributed by atoms with Gasteiger partial charge in [0.15, 0.2) is 5.78 Å². The molecule has 0 aromatic heterocycles. The molecule has 0 bridgehead atoms. The van der Waals surface area contributed by atoms with E-state index in [2.05, 4.69) is 24.5 Å². The van der Waals surface area contributed by atoms with E-state index >= 15 is 0 Å². The minimum atomic E-state index is -0.403. The van der Waals surface area contributed by atoms with Gasteiger partial charge in [0, 0.05) is 6.42 Å². The molecule has 0 unspecified atom stereocenters. The van der Waals surface area contributed by atoms with E-state index in [1.54, 1.807) is 0 Å². The van der Waals surface area contributed by atoms with Gasteiger partial charge in [0.25, 0.3) is 0 Å². The molecule has 0 spiro atoms. The Kier molecular flexibility index (Phi) is 5.58. The molecule has 1 saturated carbocycles. The maximum atomic E-state index is 12.9. The first-order valence-electron chi connectivity index (χ1n) is 8.39. The summed E-state index contributed by atoms with van der Waals surface area (Å²) in [5.74, 6) is 1.18. The Labute approximate surface area is 129 Å². The molecule has 0 amide bonds. The third-order valence-electron chi connectivity index (χ3n) is 5.14. The fourth-order valence-electron chi connectivity index (χ4n) is 3.80. The summed E-state index contributed by atoms with van der Waals surface area (Å²) in [5.41, 5.74) is 0.694. The minimum absolute atomic E-state index is 0.402. The molecule has 2 heteroatoms. The van der Waals surface area contributed by atoms with E-state index in [0.29, 0.717) is 12.2 Å². The van der Waals surface area contributed by atoms with Crippen molar-refractivity contribution in [2.75, 3.05) is 13.1 Å². The number of hydrogen-bond acceptors (Lipinski definition) is 2. The number of ketones is 1. The van der Waals surface area contributed by atoms with Crippen molar-refractivity contribution >= 4 is 5.78 Å². The van der Waals surface area contributed by atoms with Gasteiger partial charge in [0.1, 0.15) is 5.54 Å². The van der Waals surface area contributed by atoms with Crippen molar-refractivity contribution in [2.24, 2.45) is 5.92 Å². The van der Waals surface area contributed by atoms with Crippen molar-refractivity contribution in [3.63, 3.8) is 0 Å². The Morgan fingerprint density at radius 2 is 2.05 bits per heavy atom. The fourth-order valence-corrected chi connectivity index (χ4v) is 3.80. The van der Waals surface area contributed by atoms with Gasteiger partial charge >= 0.3 is 0 Å². The summed E-state index contributed by atoms with van der Waals surface area (Å²) >= 11 is 0. The molecular weight excluding hydrogens is 258 g/mol. The van der Waals surface area contributed by atoms with E-state index in [1.165, 1.54) is 12.8 Å². The van der Waals surface area contributed by atoms with Gasteiger partial charge in [-0.25, -0.2) is 0 Å². The maximum absolute atomic E-state index is 12.9. The van der Waals surface area contributed by atoms with E-state index in [1.807, 2.05) is 25.2 Å². The summed E-state index contributed by atoms with van der Waals surface area (Å²) in [6.07, 6.45) is 14.3. The van der Waals surface area contributed by atoms with E-state index in [4.69, 9.17) is 0 Å².